The summed E-state index contributed by atoms with van der Waals surface area (Å²) in [5, 5.41) is 12.8. The van der Waals surface area contributed by atoms with Gasteiger partial charge in [0.2, 0.25) is 0 Å². The van der Waals surface area contributed by atoms with Gasteiger partial charge in [-0.05, 0) is 60.3 Å². The lowest BCUT2D eigenvalue weighted by molar-refractivity contribution is -0.132. The predicted octanol–water partition coefficient (Wildman–Crippen LogP) is 4.97. The first-order valence-corrected chi connectivity index (χ1v) is 10.2. The van der Waals surface area contributed by atoms with Crippen molar-refractivity contribution >= 4 is 34.5 Å². The number of Topliss-reactive ketones (excluding diaryl/α,β-unsaturated/α-hetero) is 1. The number of ketones is 1. The number of aryl methyl sites for hydroxylation is 1. The average molecular weight is 441 g/mol. The largest absolute Gasteiger partial charge is 0.507 e. The van der Waals surface area contributed by atoms with E-state index in [1.54, 1.807) is 29.6 Å². The summed E-state index contributed by atoms with van der Waals surface area (Å²) in [6.07, 6.45) is 0. The van der Waals surface area contributed by atoms with Gasteiger partial charge in [-0.15, -0.1) is 11.3 Å². The van der Waals surface area contributed by atoms with Gasteiger partial charge in [0.1, 0.15) is 17.6 Å². The van der Waals surface area contributed by atoms with Gasteiger partial charge in [-0.1, -0.05) is 0 Å². The SMILES string of the molecule is COc1ccc(/C(O)=C2/C(=O)C(=O)N(c3ccc(F)c(F)c3)C2c2sccc2C)cc1. The molecule has 0 saturated carbocycles. The molecule has 1 aromatic heterocycles. The van der Waals surface area contributed by atoms with Crippen LogP contribution in [-0.2, 0) is 9.59 Å². The number of amides is 1. The Bertz CT molecular complexity index is 1220. The molecule has 1 saturated heterocycles. The topological polar surface area (TPSA) is 66.8 Å². The first kappa shape index (κ1) is 20.7. The van der Waals surface area contributed by atoms with E-state index >= 15 is 0 Å². The zero-order chi connectivity index (χ0) is 22.3. The minimum atomic E-state index is -1.14. The Labute approximate surface area is 180 Å². The van der Waals surface area contributed by atoms with Gasteiger partial charge < -0.3 is 9.84 Å². The van der Waals surface area contributed by atoms with Crippen molar-refractivity contribution in [1.82, 2.24) is 0 Å². The number of carbonyl (C=O) groups excluding carboxylic acids is 2. The standard InChI is InChI=1S/C23H17F2NO4S/c1-12-9-10-31-22(12)19-18(20(27)13-3-6-15(30-2)7-4-13)21(28)23(29)26(19)14-5-8-16(24)17(25)11-14/h3-11,19,27H,1-2H3/b20-18-. The minimum Gasteiger partial charge on any atom is -0.507 e. The summed E-state index contributed by atoms with van der Waals surface area (Å²) >= 11 is 1.30. The van der Waals surface area contributed by atoms with Crippen LogP contribution in [0, 0.1) is 18.6 Å². The second-order valence-electron chi connectivity index (χ2n) is 6.96. The van der Waals surface area contributed by atoms with Gasteiger partial charge in [0.25, 0.3) is 11.7 Å². The molecule has 1 amide bonds. The predicted molar refractivity (Wildman–Crippen MR) is 113 cm³/mol. The molecule has 1 unspecified atom stereocenters. The van der Waals surface area contributed by atoms with Crippen LogP contribution in [0.5, 0.6) is 5.75 Å². The monoisotopic (exact) mass is 441 g/mol. The maximum Gasteiger partial charge on any atom is 0.300 e. The molecule has 5 nitrogen and oxygen atoms in total. The normalized spacial score (nSPS) is 17.9. The lowest BCUT2D eigenvalue weighted by Gasteiger charge is -2.25. The summed E-state index contributed by atoms with van der Waals surface area (Å²) in [6, 6.07) is 10.2. The highest BCUT2D eigenvalue weighted by molar-refractivity contribution is 7.10. The van der Waals surface area contributed by atoms with Crippen LogP contribution >= 0.6 is 11.3 Å². The molecule has 0 radical (unpaired) electrons. The number of carbonyl (C=O) groups is 2. The molecule has 158 valence electrons. The summed E-state index contributed by atoms with van der Waals surface area (Å²) in [7, 11) is 1.50. The van der Waals surface area contributed by atoms with Crippen LogP contribution in [0.15, 0.2) is 59.5 Å². The quantitative estimate of drug-likeness (QED) is 0.353. The molecular formula is C23H17F2NO4S. The Kier molecular flexibility index (Phi) is 5.32. The third-order valence-electron chi connectivity index (χ3n) is 5.14. The number of nitrogens with zero attached hydrogens (tertiary/aromatic N) is 1. The molecule has 1 fully saturated rings. The molecule has 4 rings (SSSR count). The van der Waals surface area contributed by atoms with E-state index in [0.29, 0.717) is 16.2 Å². The number of aliphatic hydroxyl groups is 1. The molecule has 31 heavy (non-hydrogen) atoms. The average Bonchev–Trinajstić information content (AvgIpc) is 3.30. The van der Waals surface area contributed by atoms with Gasteiger partial charge in [0, 0.05) is 22.2 Å². The molecule has 0 bridgehead atoms. The molecule has 1 N–H and O–H groups in total. The van der Waals surface area contributed by atoms with Crippen LogP contribution in [-0.4, -0.2) is 23.9 Å². The van der Waals surface area contributed by atoms with E-state index in [2.05, 4.69) is 0 Å². The van der Waals surface area contributed by atoms with Crippen molar-refractivity contribution in [1.29, 1.82) is 0 Å². The smallest absolute Gasteiger partial charge is 0.300 e. The molecular weight excluding hydrogens is 424 g/mol. The minimum absolute atomic E-state index is 0.0209. The van der Waals surface area contributed by atoms with E-state index in [1.807, 2.05) is 13.0 Å². The number of rotatable bonds is 4. The Morgan fingerprint density at radius 2 is 1.77 bits per heavy atom. The zero-order valence-corrected chi connectivity index (χ0v) is 17.4. The lowest BCUT2D eigenvalue weighted by atomic mass is 9.98. The fourth-order valence-corrected chi connectivity index (χ4v) is 4.58. The van der Waals surface area contributed by atoms with Crippen LogP contribution in [0.3, 0.4) is 0 Å². The first-order valence-electron chi connectivity index (χ1n) is 9.28. The summed E-state index contributed by atoms with van der Waals surface area (Å²) in [5.74, 6) is -3.85. The van der Waals surface area contributed by atoms with Crippen molar-refractivity contribution in [2.45, 2.75) is 13.0 Å². The number of halogens is 2. The molecule has 1 aliphatic rings. The van der Waals surface area contributed by atoms with Crippen molar-refractivity contribution in [3.8, 4) is 5.75 Å². The Morgan fingerprint density at radius 3 is 2.35 bits per heavy atom. The number of thiophene rings is 1. The number of hydrogen-bond donors (Lipinski definition) is 1. The van der Waals surface area contributed by atoms with Gasteiger partial charge in [0.05, 0.1) is 12.7 Å². The van der Waals surface area contributed by atoms with Crippen LogP contribution in [0.2, 0.25) is 0 Å². The summed E-state index contributed by atoms with van der Waals surface area (Å²) < 4.78 is 32.5. The van der Waals surface area contributed by atoms with E-state index in [4.69, 9.17) is 4.74 Å². The fourth-order valence-electron chi connectivity index (χ4n) is 3.55. The Hall–Kier alpha value is -3.52. The summed E-state index contributed by atoms with van der Waals surface area (Å²) in [6.45, 7) is 1.81. The van der Waals surface area contributed by atoms with E-state index in [9.17, 15) is 23.5 Å². The lowest BCUT2D eigenvalue weighted by Crippen LogP contribution is -2.29. The molecule has 0 aliphatic carbocycles. The third kappa shape index (κ3) is 3.48. The number of methoxy groups -OCH3 is 1. The molecule has 8 heteroatoms. The van der Waals surface area contributed by atoms with Crippen molar-refractivity contribution in [3.05, 3.63) is 87.1 Å². The Morgan fingerprint density at radius 1 is 1.06 bits per heavy atom. The highest BCUT2D eigenvalue weighted by Gasteiger charge is 2.48. The van der Waals surface area contributed by atoms with Gasteiger partial charge in [-0.2, -0.15) is 0 Å². The van der Waals surface area contributed by atoms with Crippen molar-refractivity contribution in [3.63, 3.8) is 0 Å². The van der Waals surface area contributed by atoms with Crippen LogP contribution < -0.4 is 9.64 Å². The van der Waals surface area contributed by atoms with E-state index < -0.39 is 29.4 Å². The van der Waals surface area contributed by atoms with Crippen molar-refractivity contribution in [2.75, 3.05) is 12.0 Å². The van der Waals surface area contributed by atoms with Gasteiger partial charge in [-0.3, -0.25) is 14.5 Å². The highest BCUT2D eigenvalue weighted by atomic mass is 32.1. The second kappa shape index (κ2) is 7.96. The van der Waals surface area contributed by atoms with Crippen LogP contribution in [0.25, 0.3) is 5.76 Å². The van der Waals surface area contributed by atoms with Crippen molar-refractivity contribution < 1.29 is 28.2 Å². The first-order chi connectivity index (χ1) is 14.8. The maximum atomic E-state index is 13.9. The molecule has 0 spiro atoms. The van der Waals surface area contributed by atoms with Crippen LogP contribution in [0.1, 0.15) is 22.0 Å². The van der Waals surface area contributed by atoms with E-state index in [0.717, 1.165) is 22.6 Å². The maximum absolute atomic E-state index is 13.9. The van der Waals surface area contributed by atoms with E-state index in [-0.39, 0.29) is 17.0 Å². The number of benzene rings is 2. The van der Waals surface area contributed by atoms with E-state index in [1.165, 1.54) is 24.5 Å². The third-order valence-corrected chi connectivity index (χ3v) is 6.21. The van der Waals surface area contributed by atoms with Gasteiger partial charge in [-0.25, -0.2) is 8.78 Å². The molecule has 2 heterocycles. The van der Waals surface area contributed by atoms with Crippen LogP contribution in [0.4, 0.5) is 14.5 Å². The number of anilines is 1. The molecule has 2 aromatic carbocycles. The zero-order valence-electron chi connectivity index (χ0n) is 16.6. The molecule has 3 aromatic rings. The fraction of sp³-hybridized carbons (Fsp3) is 0.130. The van der Waals surface area contributed by atoms with Gasteiger partial charge >= 0.3 is 0 Å². The molecule has 1 aliphatic heterocycles. The van der Waals surface area contributed by atoms with Crippen molar-refractivity contribution in [2.24, 2.45) is 0 Å². The Balaban J connectivity index is 1.93. The van der Waals surface area contributed by atoms with Gasteiger partial charge in [0.15, 0.2) is 11.6 Å². The summed E-state index contributed by atoms with van der Waals surface area (Å²) in [4.78, 5) is 27.7. The number of ether oxygens (including phenoxy) is 1. The number of aliphatic hydroxyl groups excluding tert-OH is 1. The highest BCUT2D eigenvalue weighted by Crippen LogP contribution is 2.45. The molecule has 1 atom stereocenters. The second-order valence-corrected chi connectivity index (χ2v) is 7.91. The summed E-state index contributed by atoms with van der Waals surface area (Å²) in [5.41, 5.74) is 1.02. The number of hydrogen-bond acceptors (Lipinski definition) is 5.